The van der Waals surface area contributed by atoms with Gasteiger partial charge in [0.2, 0.25) is 11.7 Å². The number of nitrogens with zero attached hydrogens (tertiary/aromatic N) is 3. The molecule has 2 aromatic heterocycles. The number of nitrogens with one attached hydrogen (secondary N) is 1. The van der Waals surface area contributed by atoms with Crippen LogP contribution in [-0.4, -0.2) is 27.7 Å². The Hall–Kier alpha value is -1.27. The molecule has 92 valence electrons. The van der Waals surface area contributed by atoms with Crippen LogP contribution in [0.15, 0.2) is 16.2 Å². The van der Waals surface area contributed by atoms with Gasteiger partial charge in [-0.15, -0.1) is 11.3 Å². The van der Waals surface area contributed by atoms with Gasteiger partial charge in [-0.3, -0.25) is 4.98 Å². The zero-order valence-electron chi connectivity index (χ0n) is 10.0. The van der Waals surface area contributed by atoms with Gasteiger partial charge in [-0.1, -0.05) is 12.1 Å². The molecule has 0 aliphatic carbocycles. The summed E-state index contributed by atoms with van der Waals surface area (Å²) in [6.45, 7) is 5.24. The molecule has 0 saturated carbocycles. The summed E-state index contributed by atoms with van der Waals surface area (Å²) >= 11 is 1.51. The number of rotatable bonds is 6. The van der Waals surface area contributed by atoms with Crippen molar-refractivity contribution in [3.8, 4) is 10.7 Å². The quantitative estimate of drug-likeness (QED) is 0.853. The molecular weight excluding hydrogens is 236 g/mol. The van der Waals surface area contributed by atoms with Crippen LogP contribution in [0.1, 0.15) is 26.2 Å². The summed E-state index contributed by atoms with van der Waals surface area (Å²) in [4.78, 5) is 9.29. The molecule has 0 aliphatic rings. The van der Waals surface area contributed by atoms with Gasteiger partial charge in [-0.2, -0.15) is 4.98 Å². The maximum absolute atomic E-state index is 5.21. The molecule has 2 heterocycles. The van der Waals surface area contributed by atoms with Gasteiger partial charge in [0.05, 0.1) is 10.4 Å². The summed E-state index contributed by atoms with van der Waals surface area (Å²) in [5.74, 6) is 1.33. The van der Waals surface area contributed by atoms with E-state index in [1.165, 1.54) is 11.3 Å². The van der Waals surface area contributed by atoms with Crippen LogP contribution >= 0.6 is 11.3 Å². The van der Waals surface area contributed by atoms with E-state index < -0.39 is 0 Å². The predicted molar refractivity (Wildman–Crippen MR) is 66.9 cm³/mol. The Morgan fingerprint density at radius 3 is 3.12 bits per heavy atom. The Balaban J connectivity index is 1.91. The fourth-order valence-electron chi connectivity index (χ4n) is 1.57. The van der Waals surface area contributed by atoms with E-state index in [4.69, 9.17) is 4.52 Å². The molecule has 0 spiro atoms. The van der Waals surface area contributed by atoms with E-state index in [1.807, 2.05) is 0 Å². The lowest BCUT2D eigenvalue weighted by Crippen LogP contribution is -2.25. The van der Waals surface area contributed by atoms with E-state index >= 15 is 0 Å². The first-order chi connectivity index (χ1) is 8.29. The normalized spacial score (nSPS) is 12.8. The molecule has 0 amide bonds. The highest BCUT2D eigenvalue weighted by Crippen LogP contribution is 2.19. The van der Waals surface area contributed by atoms with Crippen molar-refractivity contribution in [2.75, 3.05) is 6.54 Å². The number of hydrogen-bond donors (Lipinski definition) is 1. The average Bonchev–Trinajstić information content (AvgIpc) is 2.97. The standard InChI is InChI=1S/C11H16N4OS/c1-3-13-8(2)4-5-10-14-11(15-16-10)9-6-12-7-17-9/h6-8,13H,3-5H2,1-2H3. The van der Waals surface area contributed by atoms with E-state index in [0.29, 0.717) is 17.8 Å². The third kappa shape index (κ3) is 3.34. The maximum Gasteiger partial charge on any atom is 0.227 e. The molecule has 2 rings (SSSR count). The maximum atomic E-state index is 5.21. The minimum Gasteiger partial charge on any atom is -0.339 e. The second kappa shape index (κ2) is 5.88. The minimum absolute atomic E-state index is 0.471. The Morgan fingerprint density at radius 2 is 2.41 bits per heavy atom. The van der Waals surface area contributed by atoms with Crippen molar-refractivity contribution >= 4 is 11.3 Å². The summed E-state index contributed by atoms with van der Waals surface area (Å²) in [6.07, 6.45) is 3.55. The summed E-state index contributed by atoms with van der Waals surface area (Å²) in [5, 5.41) is 7.30. The van der Waals surface area contributed by atoms with Crippen LogP contribution < -0.4 is 5.32 Å². The summed E-state index contributed by atoms with van der Waals surface area (Å²) < 4.78 is 5.21. The Morgan fingerprint density at radius 1 is 1.53 bits per heavy atom. The molecule has 0 aliphatic heterocycles. The summed E-state index contributed by atoms with van der Waals surface area (Å²) in [7, 11) is 0. The molecule has 0 aromatic carbocycles. The van der Waals surface area contributed by atoms with Gasteiger partial charge in [-0.05, 0) is 19.9 Å². The smallest absolute Gasteiger partial charge is 0.227 e. The van der Waals surface area contributed by atoms with Crippen LogP contribution in [-0.2, 0) is 6.42 Å². The minimum atomic E-state index is 0.471. The molecule has 2 aromatic rings. The largest absolute Gasteiger partial charge is 0.339 e. The molecule has 0 radical (unpaired) electrons. The predicted octanol–water partition coefficient (Wildman–Crippen LogP) is 2.12. The van der Waals surface area contributed by atoms with Gasteiger partial charge in [0.25, 0.3) is 0 Å². The van der Waals surface area contributed by atoms with E-state index in [0.717, 1.165) is 24.3 Å². The molecule has 1 N–H and O–H groups in total. The van der Waals surface area contributed by atoms with Gasteiger partial charge in [0, 0.05) is 18.7 Å². The Labute approximate surface area is 104 Å². The first-order valence-corrected chi connectivity index (χ1v) is 6.62. The molecule has 0 bridgehead atoms. The highest BCUT2D eigenvalue weighted by atomic mass is 32.1. The zero-order valence-corrected chi connectivity index (χ0v) is 10.8. The van der Waals surface area contributed by atoms with Crippen molar-refractivity contribution in [2.24, 2.45) is 0 Å². The van der Waals surface area contributed by atoms with Gasteiger partial charge in [0.15, 0.2) is 0 Å². The molecule has 0 fully saturated rings. The second-order valence-electron chi connectivity index (χ2n) is 3.87. The number of thiazole rings is 1. The van der Waals surface area contributed by atoms with E-state index in [2.05, 4.69) is 34.3 Å². The van der Waals surface area contributed by atoms with Crippen LogP contribution in [0.25, 0.3) is 10.7 Å². The second-order valence-corrected chi connectivity index (χ2v) is 4.76. The van der Waals surface area contributed by atoms with Crippen LogP contribution in [0.3, 0.4) is 0 Å². The van der Waals surface area contributed by atoms with Crippen LogP contribution in [0.5, 0.6) is 0 Å². The fraction of sp³-hybridized carbons (Fsp3) is 0.545. The molecule has 0 saturated heterocycles. The van der Waals surface area contributed by atoms with Gasteiger partial charge >= 0.3 is 0 Å². The number of aromatic nitrogens is 3. The van der Waals surface area contributed by atoms with Crippen molar-refractivity contribution in [3.63, 3.8) is 0 Å². The number of hydrogen-bond acceptors (Lipinski definition) is 6. The SMILES string of the molecule is CCNC(C)CCc1nc(-c2cncs2)no1. The zero-order chi connectivity index (χ0) is 12.1. The molecular formula is C11H16N4OS. The van der Waals surface area contributed by atoms with Gasteiger partial charge < -0.3 is 9.84 Å². The fourth-order valence-corrected chi connectivity index (χ4v) is 2.12. The lowest BCUT2D eigenvalue weighted by atomic mass is 10.2. The summed E-state index contributed by atoms with van der Waals surface area (Å²) in [5.41, 5.74) is 1.76. The topological polar surface area (TPSA) is 63.8 Å². The molecule has 1 atom stereocenters. The van der Waals surface area contributed by atoms with Crippen molar-refractivity contribution in [1.29, 1.82) is 0 Å². The molecule has 1 unspecified atom stereocenters. The third-order valence-corrected chi connectivity index (χ3v) is 3.23. The summed E-state index contributed by atoms with van der Waals surface area (Å²) in [6, 6.07) is 0.471. The number of aryl methyl sites for hydroxylation is 1. The Kier molecular flexibility index (Phi) is 4.22. The third-order valence-electron chi connectivity index (χ3n) is 2.46. The van der Waals surface area contributed by atoms with E-state index in [9.17, 15) is 0 Å². The first-order valence-electron chi connectivity index (χ1n) is 5.74. The van der Waals surface area contributed by atoms with E-state index in [1.54, 1.807) is 11.7 Å². The van der Waals surface area contributed by atoms with Crippen molar-refractivity contribution in [1.82, 2.24) is 20.4 Å². The molecule has 17 heavy (non-hydrogen) atoms. The van der Waals surface area contributed by atoms with Crippen molar-refractivity contribution < 1.29 is 4.52 Å². The van der Waals surface area contributed by atoms with Crippen LogP contribution in [0.4, 0.5) is 0 Å². The van der Waals surface area contributed by atoms with Crippen LogP contribution in [0.2, 0.25) is 0 Å². The highest BCUT2D eigenvalue weighted by molar-refractivity contribution is 7.13. The Bertz CT molecular complexity index is 440. The lowest BCUT2D eigenvalue weighted by molar-refractivity contribution is 0.368. The van der Waals surface area contributed by atoms with Gasteiger partial charge in [0.1, 0.15) is 0 Å². The van der Waals surface area contributed by atoms with E-state index in [-0.39, 0.29) is 0 Å². The first kappa shape index (κ1) is 12.2. The van der Waals surface area contributed by atoms with Gasteiger partial charge in [-0.25, -0.2) is 0 Å². The lowest BCUT2D eigenvalue weighted by Gasteiger charge is -2.09. The average molecular weight is 252 g/mol. The van der Waals surface area contributed by atoms with Crippen LogP contribution in [0, 0.1) is 0 Å². The monoisotopic (exact) mass is 252 g/mol. The van der Waals surface area contributed by atoms with Crippen molar-refractivity contribution in [2.45, 2.75) is 32.7 Å². The van der Waals surface area contributed by atoms with Crippen molar-refractivity contribution in [3.05, 3.63) is 17.6 Å². The molecule has 6 heteroatoms. The molecule has 5 nitrogen and oxygen atoms in total. The highest BCUT2D eigenvalue weighted by Gasteiger charge is 2.10.